The summed E-state index contributed by atoms with van der Waals surface area (Å²) in [4.78, 5) is 25.7. The van der Waals surface area contributed by atoms with Gasteiger partial charge in [0.05, 0.1) is 25.0 Å². The molecular formula is C23H33BrN2O4. The Morgan fingerprint density at radius 2 is 1.60 bits per heavy atom. The molecule has 7 heteroatoms. The molecule has 0 N–H and O–H groups in total. The second-order valence-electron chi connectivity index (χ2n) is 7.32. The minimum atomic E-state index is -0.548. The Kier molecular flexibility index (Phi) is 9.69. The molecule has 30 heavy (non-hydrogen) atoms. The van der Waals surface area contributed by atoms with Gasteiger partial charge in [-0.25, -0.2) is 14.6 Å². The summed E-state index contributed by atoms with van der Waals surface area (Å²) in [5.74, 6) is 0. The summed E-state index contributed by atoms with van der Waals surface area (Å²) in [6, 6.07) is 7.74. The van der Waals surface area contributed by atoms with Crippen molar-refractivity contribution in [2.45, 2.75) is 72.3 Å². The Morgan fingerprint density at radius 1 is 0.967 bits per heavy atom. The number of nitrogens with zero attached hydrogens (tertiary/aromatic N) is 2. The summed E-state index contributed by atoms with van der Waals surface area (Å²) in [6.07, 6.45) is 4.76. The van der Waals surface area contributed by atoms with Gasteiger partial charge in [-0.1, -0.05) is 54.2 Å². The SMILES string of the molecule is CCCCCCC1=C(Cc2ccc(Br)cc2)N(C(=O)OCC)N(C(=O)OCC)C1C. The minimum absolute atomic E-state index is 0.234. The normalized spacial score (nSPS) is 16.2. The van der Waals surface area contributed by atoms with E-state index in [1.54, 1.807) is 13.8 Å². The average molecular weight is 481 g/mol. The molecule has 1 unspecified atom stereocenters. The zero-order valence-corrected chi connectivity index (χ0v) is 20.0. The molecule has 0 saturated heterocycles. The van der Waals surface area contributed by atoms with Gasteiger partial charge in [-0.15, -0.1) is 0 Å². The Labute approximate surface area is 188 Å². The predicted octanol–water partition coefficient (Wildman–Crippen LogP) is 6.45. The number of halogens is 1. The van der Waals surface area contributed by atoms with Crippen LogP contribution < -0.4 is 0 Å². The van der Waals surface area contributed by atoms with Crippen LogP contribution in [0.5, 0.6) is 0 Å². The molecule has 1 heterocycles. The van der Waals surface area contributed by atoms with Gasteiger partial charge in [-0.2, -0.15) is 5.01 Å². The number of allylic oxidation sites excluding steroid dienone is 1. The number of carbonyl (C=O) groups excluding carboxylic acids is 2. The second kappa shape index (κ2) is 12.0. The maximum Gasteiger partial charge on any atom is 0.433 e. The molecule has 1 aromatic carbocycles. The van der Waals surface area contributed by atoms with E-state index in [-0.39, 0.29) is 19.3 Å². The summed E-state index contributed by atoms with van der Waals surface area (Å²) in [5, 5.41) is 2.80. The van der Waals surface area contributed by atoms with Gasteiger partial charge in [0.1, 0.15) is 0 Å². The van der Waals surface area contributed by atoms with Gasteiger partial charge < -0.3 is 9.47 Å². The summed E-state index contributed by atoms with van der Waals surface area (Å²) in [7, 11) is 0. The van der Waals surface area contributed by atoms with Crippen molar-refractivity contribution in [1.29, 1.82) is 0 Å². The third-order valence-electron chi connectivity index (χ3n) is 5.19. The highest BCUT2D eigenvalue weighted by Crippen LogP contribution is 2.36. The molecule has 1 aliphatic rings. The van der Waals surface area contributed by atoms with Crippen molar-refractivity contribution < 1.29 is 19.1 Å². The lowest BCUT2D eigenvalue weighted by molar-refractivity contribution is -0.000611. The number of unbranched alkanes of at least 4 members (excludes halogenated alkanes) is 3. The number of hydrazine groups is 1. The topological polar surface area (TPSA) is 59.1 Å². The second-order valence-corrected chi connectivity index (χ2v) is 8.23. The zero-order valence-electron chi connectivity index (χ0n) is 18.4. The molecule has 1 atom stereocenters. The van der Waals surface area contributed by atoms with Gasteiger partial charge in [-0.3, -0.25) is 0 Å². The zero-order chi connectivity index (χ0) is 22.1. The van der Waals surface area contributed by atoms with Crippen LogP contribution >= 0.6 is 15.9 Å². The molecule has 1 aliphatic heterocycles. The van der Waals surface area contributed by atoms with Crippen LogP contribution in [0.4, 0.5) is 9.59 Å². The average Bonchev–Trinajstić information content (AvgIpc) is 2.99. The first kappa shape index (κ1) is 24.3. The quantitative estimate of drug-likeness (QED) is 0.381. The lowest BCUT2D eigenvalue weighted by Gasteiger charge is -2.31. The molecule has 0 fully saturated rings. The highest BCUT2D eigenvalue weighted by atomic mass is 79.9. The van der Waals surface area contributed by atoms with Crippen molar-refractivity contribution in [1.82, 2.24) is 10.0 Å². The van der Waals surface area contributed by atoms with Crippen molar-refractivity contribution in [3.8, 4) is 0 Å². The third-order valence-corrected chi connectivity index (χ3v) is 5.72. The number of carbonyl (C=O) groups is 2. The van der Waals surface area contributed by atoms with E-state index in [9.17, 15) is 9.59 Å². The van der Waals surface area contributed by atoms with E-state index >= 15 is 0 Å². The van der Waals surface area contributed by atoms with Crippen molar-refractivity contribution in [3.63, 3.8) is 0 Å². The number of hydrogen-bond donors (Lipinski definition) is 0. The van der Waals surface area contributed by atoms with E-state index < -0.39 is 12.2 Å². The molecule has 166 valence electrons. The van der Waals surface area contributed by atoms with Crippen molar-refractivity contribution in [3.05, 3.63) is 45.6 Å². The first-order valence-electron chi connectivity index (χ1n) is 10.8. The van der Waals surface area contributed by atoms with E-state index in [0.717, 1.165) is 47.0 Å². The van der Waals surface area contributed by atoms with Gasteiger partial charge >= 0.3 is 12.2 Å². The van der Waals surface area contributed by atoms with E-state index in [4.69, 9.17) is 9.47 Å². The third kappa shape index (κ3) is 6.00. The molecular weight excluding hydrogens is 448 g/mol. The van der Waals surface area contributed by atoms with Gasteiger partial charge in [0.25, 0.3) is 0 Å². The molecule has 0 bridgehead atoms. The van der Waals surface area contributed by atoms with Crippen LogP contribution in [-0.2, 0) is 15.9 Å². The summed E-state index contributed by atoms with van der Waals surface area (Å²) < 4.78 is 11.6. The van der Waals surface area contributed by atoms with Crippen LogP contribution in [0.2, 0.25) is 0 Å². The van der Waals surface area contributed by atoms with Crippen LogP contribution in [0.15, 0.2) is 40.0 Å². The largest absolute Gasteiger partial charge is 0.448 e. The van der Waals surface area contributed by atoms with Crippen molar-refractivity contribution >= 4 is 28.1 Å². The first-order valence-corrected chi connectivity index (χ1v) is 11.6. The van der Waals surface area contributed by atoms with Gasteiger partial charge in [0.2, 0.25) is 0 Å². The van der Waals surface area contributed by atoms with E-state index in [1.165, 1.54) is 16.4 Å². The fraction of sp³-hybridized carbons (Fsp3) is 0.565. The highest BCUT2D eigenvalue weighted by Gasteiger charge is 2.43. The summed E-state index contributed by atoms with van der Waals surface area (Å²) >= 11 is 3.46. The van der Waals surface area contributed by atoms with Crippen LogP contribution in [0.25, 0.3) is 0 Å². The standard InChI is InChI=1S/C23H33BrN2O4/c1-5-8-9-10-11-20-17(4)25(22(27)29-6-2)26(23(28)30-7-3)21(20)16-18-12-14-19(24)15-13-18/h12-15,17H,5-11,16H2,1-4H3. The molecule has 0 aliphatic carbocycles. The number of ether oxygens (including phenoxy) is 2. The number of benzene rings is 1. The molecule has 0 radical (unpaired) electrons. The Balaban J connectivity index is 2.43. The summed E-state index contributed by atoms with van der Waals surface area (Å²) in [6.45, 7) is 8.13. The predicted molar refractivity (Wildman–Crippen MR) is 121 cm³/mol. The fourth-order valence-electron chi connectivity index (χ4n) is 3.72. The molecule has 0 aromatic heterocycles. The van der Waals surface area contributed by atoms with Gasteiger partial charge in [0.15, 0.2) is 0 Å². The number of rotatable bonds is 9. The Bertz CT molecular complexity index is 748. The minimum Gasteiger partial charge on any atom is -0.448 e. The van der Waals surface area contributed by atoms with Crippen LogP contribution in [0, 0.1) is 0 Å². The maximum absolute atomic E-state index is 12.9. The maximum atomic E-state index is 12.9. The van der Waals surface area contributed by atoms with E-state index in [1.807, 2.05) is 31.2 Å². The summed E-state index contributed by atoms with van der Waals surface area (Å²) in [5.41, 5.74) is 2.97. The van der Waals surface area contributed by atoms with Crippen molar-refractivity contribution in [2.75, 3.05) is 13.2 Å². The van der Waals surface area contributed by atoms with E-state index in [2.05, 4.69) is 22.9 Å². The first-order chi connectivity index (χ1) is 14.4. The van der Waals surface area contributed by atoms with Crippen molar-refractivity contribution in [2.24, 2.45) is 0 Å². The Morgan fingerprint density at radius 3 is 2.20 bits per heavy atom. The lowest BCUT2D eigenvalue weighted by Crippen LogP contribution is -2.49. The lowest BCUT2D eigenvalue weighted by atomic mass is 9.97. The van der Waals surface area contributed by atoms with Crippen LogP contribution in [0.3, 0.4) is 0 Å². The monoisotopic (exact) mass is 480 g/mol. The number of amides is 2. The van der Waals surface area contributed by atoms with Crippen LogP contribution in [-0.4, -0.2) is 41.5 Å². The highest BCUT2D eigenvalue weighted by molar-refractivity contribution is 9.10. The molecule has 0 spiro atoms. The molecule has 2 rings (SSSR count). The molecule has 0 saturated carbocycles. The Hall–Kier alpha value is -2.02. The van der Waals surface area contributed by atoms with Gasteiger partial charge in [-0.05, 0) is 56.9 Å². The number of hydrogen-bond acceptors (Lipinski definition) is 4. The molecule has 6 nitrogen and oxygen atoms in total. The molecule has 1 aromatic rings. The smallest absolute Gasteiger partial charge is 0.433 e. The molecule has 2 amide bonds. The van der Waals surface area contributed by atoms with Gasteiger partial charge in [0, 0.05) is 10.9 Å². The van der Waals surface area contributed by atoms with Crippen LogP contribution in [0.1, 0.15) is 65.4 Å². The van der Waals surface area contributed by atoms with E-state index in [0.29, 0.717) is 6.42 Å². The fourth-order valence-corrected chi connectivity index (χ4v) is 3.98.